The number of hydrogen-bond donors (Lipinski definition) is 0. The standard InChI is InChI=1S/C23H33N3/c1-3-4-7-14-22-17-20(2)18-23(19-25,15-10-6-11-16-24)26(22)21-12-8-5-9-13-21/h5,8-9,12-13,20,22H,3-4,6-7,10-11,14-15,17-18H2,1-2H3/t20-,22+,23-/m1/s1. The highest BCUT2D eigenvalue weighted by Gasteiger charge is 2.45. The number of rotatable bonds is 9. The largest absolute Gasteiger partial charge is 0.350 e. The van der Waals surface area contributed by atoms with E-state index in [0.29, 0.717) is 18.4 Å². The fourth-order valence-corrected chi connectivity index (χ4v) is 4.60. The van der Waals surface area contributed by atoms with Crippen molar-refractivity contribution in [3.05, 3.63) is 30.3 Å². The van der Waals surface area contributed by atoms with Crippen molar-refractivity contribution in [2.75, 3.05) is 4.90 Å². The fourth-order valence-electron chi connectivity index (χ4n) is 4.60. The normalized spacial score (nSPS) is 25.5. The van der Waals surface area contributed by atoms with Crippen molar-refractivity contribution < 1.29 is 0 Å². The summed E-state index contributed by atoms with van der Waals surface area (Å²) in [5.74, 6) is 0.567. The van der Waals surface area contributed by atoms with Gasteiger partial charge < -0.3 is 4.90 Å². The van der Waals surface area contributed by atoms with Gasteiger partial charge in [-0.1, -0.05) is 51.3 Å². The monoisotopic (exact) mass is 351 g/mol. The first-order valence-corrected chi connectivity index (χ1v) is 10.3. The summed E-state index contributed by atoms with van der Waals surface area (Å²) in [6.45, 7) is 4.55. The molecule has 1 fully saturated rings. The summed E-state index contributed by atoms with van der Waals surface area (Å²) in [7, 11) is 0. The van der Waals surface area contributed by atoms with E-state index < -0.39 is 5.54 Å². The Morgan fingerprint density at radius 3 is 2.54 bits per heavy atom. The highest BCUT2D eigenvalue weighted by molar-refractivity contribution is 5.53. The van der Waals surface area contributed by atoms with Crippen LogP contribution in [0.25, 0.3) is 0 Å². The van der Waals surface area contributed by atoms with Crippen molar-refractivity contribution in [3.8, 4) is 12.1 Å². The smallest absolute Gasteiger partial charge is 0.128 e. The summed E-state index contributed by atoms with van der Waals surface area (Å²) in [5, 5.41) is 19.1. The maximum absolute atomic E-state index is 10.3. The number of nitrogens with zero attached hydrogens (tertiary/aromatic N) is 3. The predicted molar refractivity (Wildman–Crippen MR) is 108 cm³/mol. The lowest BCUT2D eigenvalue weighted by Gasteiger charge is -2.51. The molecule has 3 heteroatoms. The Hall–Kier alpha value is -2.00. The summed E-state index contributed by atoms with van der Waals surface area (Å²) in [6.07, 6.45) is 10.2. The third-order valence-corrected chi connectivity index (χ3v) is 5.70. The maximum Gasteiger partial charge on any atom is 0.128 e. The molecule has 0 radical (unpaired) electrons. The molecule has 1 aromatic carbocycles. The second-order valence-electron chi connectivity index (χ2n) is 7.91. The molecule has 1 aliphatic heterocycles. The molecule has 1 saturated heterocycles. The third kappa shape index (κ3) is 5.01. The molecular weight excluding hydrogens is 318 g/mol. The van der Waals surface area contributed by atoms with Crippen LogP contribution in [-0.4, -0.2) is 11.6 Å². The van der Waals surface area contributed by atoms with E-state index in [2.05, 4.69) is 55.2 Å². The van der Waals surface area contributed by atoms with Gasteiger partial charge in [0.25, 0.3) is 0 Å². The molecule has 140 valence electrons. The molecule has 3 nitrogen and oxygen atoms in total. The molecule has 0 aromatic heterocycles. The van der Waals surface area contributed by atoms with Gasteiger partial charge in [0.2, 0.25) is 0 Å². The number of piperidine rings is 1. The number of benzene rings is 1. The summed E-state index contributed by atoms with van der Waals surface area (Å²) >= 11 is 0. The van der Waals surface area contributed by atoms with Gasteiger partial charge in [-0.25, -0.2) is 0 Å². The topological polar surface area (TPSA) is 50.8 Å². The van der Waals surface area contributed by atoms with Crippen LogP contribution in [0.3, 0.4) is 0 Å². The summed E-state index contributed by atoms with van der Waals surface area (Å²) < 4.78 is 0. The Kier molecular flexibility index (Phi) is 7.99. The number of para-hydroxylation sites is 1. The zero-order valence-corrected chi connectivity index (χ0v) is 16.5. The molecule has 3 atom stereocenters. The van der Waals surface area contributed by atoms with Gasteiger partial charge in [-0.05, 0) is 56.6 Å². The highest BCUT2D eigenvalue weighted by atomic mass is 15.2. The molecule has 1 heterocycles. The van der Waals surface area contributed by atoms with E-state index in [1.807, 2.05) is 6.07 Å². The highest BCUT2D eigenvalue weighted by Crippen LogP contribution is 2.43. The van der Waals surface area contributed by atoms with Gasteiger partial charge in [0, 0.05) is 18.2 Å². The molecule has 0 saturated carbocycles. The van der Waals surface area contributed by atoms with E-state index in [1.54, 1.807) is 0 Å². The van der Waals surface area contributed by atoms with Crippen LogP contribution in [0.4, 0.5) is 5.69 Å². The van der Waals surface area contributed by atoms with Crippen LogP contribution < -0.4 is 4.90 Å². The fraction of sp³-hybridized carbons (Fsp3) is 0.652. The second kappa shape index (κ2) is 10.2. The zero-order chi connectivity index (χ0) is 18.8. The van der Waals surface area contributed by atoms with Crippen LogP contribution in [0.2, 0.25) is 0 Å². The average molecular weight is 352 g/mol. The van der Waals surface area contributed by atoms with Crippen molar-refractivity contribution >= 4 is 5.69 Å². The van der Waals surface area contributed by atoms with E-state index in [9.17, 15) is 5.26 Å². The molecule has 0 N–H and O–H groups in total. The van der Waals surface area contributed by atoms with Gasteiger partial charge in [-0.2, -0.15) is 10.5 Å². The van der Waals surface area contributed by atoms with Gasteiger partial charge in [0.1, 0.15) is 5.54 Å². The molecular formula is C23H33N3. The predicted octanol–water partition coefficient (Wildman–Crippen LogP) is 6.22. The molecule has 0 unspecified atom stereocenters. The van der Waals surface area contributed by atoms with Gasteiger partial charge in [-0.15, -0.1) is 0 Å². The third-order valence-electron chi connectivity index (χ3n) is 5.70. The van der Waals surface area contributed by atoms with Crippen LogP contribution in [0.1, 0.15) is 78.1 Å². The Labute approximate surface area is 159 Å². The van der Waals surface area contributed by atoms with E-state index in [0.717, 1.165) is 32.1 Å². The number of nitriles is 2. The van der Waals surface area contributed by atoms with Gasteiger partial charge in [0.05, 0.1) is 12.1 Å². The molecule has 0 amide bonds. The van der Waals surface area contributed by atoms with E-state index in [4.69, 9.17) is 5.26 Å². The minimum Gasteiger partial charge on any atom is -0.350 e. The zero-order valence-electron chi connectivity index (χ0n) is 16.5. The lowest BCUT2D eigenvalue weighted by molar-refractivity contribution is 0.230. The van der Waals surface area contributed by atoms with Crippen molar-refractivity contribution in [1.29, 1.82) is 10.5 Å². The molecule has 0 spiro atoms. The minimum atomic E-state index is -0.439. The first kappa shape index (κ1) is 20.3. The molecule has 2 rings (SSSR count). The van der Waals surface area contributed by atoms with Crippen LogP contribution in [-0.2, 0) is 0 Å². The van der Waals surface area contributed by atoms with Crippen LogP contribution in [0, 0.1) is 28.6 Å². The van der Waals surface area contributed by atoms with Crippen molar-refractivity contribution in [2.45, 2.75) is 89.6 Å². The summed E-state index contributed by atoms with van der Waals surface area (Å²) in [4.78, 5) is 2.45. The lowest BCUT2D eigenvalue weighted by atomic mass is 9.74. The molecule has 1 aromatic rings. The van der Waals surface area contributed by atoms with Crippen molar-refractivity contribution in [3.63, 3.8) is 0 Å². The van der Waals surface area contributed by atoms with Gasteiger partial charge >= 0.3 is 0 Å². The molecule has 26 heavy (non-hydrogen) atoms. The quantitative estimate of drug-likeness (QED) is 0.496. The second-order valence-corrected chi connectivity index (χ2v) is 7.91. The number of anilines is 1. The van der Waals surface area contributed by atoms with Gasteiger partial charge in [0.15, 0.2) is 0 Å². The first-order chi connectivity index (χ1) is 12.7. The van der Waals surface area contributed by atoms with E-state index in [-0.39, 0.29) is 0 Å². The number of hydrogen-bond acceptors (Lipinski definition) is 3. The van der Waals surface area contributed by atoms with E-state index >= 15 is 0 Å². The van der Waals surface area contributed by atoms with Crippen molar-refractivity contribution in [1.82, 2.24) is 0 Å². The van der Waals surface area contributed by atoms with Crippen LogP contribution in [0.5, 0.6) is 0 Å². The Morgan fingerprint density at radius 1 is 1.12 bits per heavy atom. The lowest BCUT2D eigenvalue weighted by Crippen LogP contribution is -2.58. The summed E-state index contributed by atoms with van der Waals surface area (Å²) in [6, 6.07) is 15.9. The van der Waals surface area contributed by atoms with Crippen LogP contribution in [0.15, 0.2) is 30.3 Å². The van der Waals surface area contributed by atoms with Gasteiger partial charge in [-0.3, -0.25) is 0 Å². The maximum atomic E-state index is 10.3. The minimum absolute atomic E-state index is 0.434. The molecule has 1 aliphatic rings. The molecule has 0 bridgehead atoms. The average Bonchev–Trinajstić information content (AvgIpc) is 2.66. The molecule has 0 aliphatic carbocycles. The summed E-state index contributed by atoms with van der Waals surface area (Å²) in [5.41, 5.74) is 0.744. The SMILES string of the molecule is CCCCC[C@H]1C[C@@H](C)C[C@@](C#N)(CCCCC#N)N1c1ccccc1. The Morgan fingerprint density at radius 2 is 1.88 bits per heavy atom. The van der Waals surface area contributed by atoms with E-state index in [1.165, 1.54) is 31.4 Å². The Balaban J connectivity index is 2.30. The van der Waals surface area contributed by atoms with Crippen LogP contribution >= 0.6 is 0 Å². The Bertz CT molecular complexity index is 613. The first-order valence-electron chi connectivity index (χ1n) is 10.3. The number of unbranched alkanes of at least 4 members (excludes halogenated alkanes) is 4. The van der Waals surface area contributed by atoms with Crippen molar-refractivity contribution in [2.24, 2.45) is 5.92 Å².